The highest BCUT2D eigenvalue weighted by atomic mass is 32.2. The summed E-state index contributed by atoms with van der Waals surface area (Å²) < 4.78 is 39.6. The Balaban J connectivity index is 1.64. The molecule has 1 fully saturated rings. The van der Waals surface area contributed by atoms with Crippen LogP contribution in [0.4, 0.5) is 4.39 Å². The Kier molecular flexibility index (Phi) is 6.11. The smallest absolute Gasteiger partial charge is 0.243 e. The van der Waals surface area contributed by atoms with Crippen LogP contribution in [0.2, 0.25) is 0 Å². The van der Waals surface area contributed by atoms with Gasteiger partial charge < -0.3 is 0 Å². The van der Waals surface area contributed by atoms with Crippen molar-refractivity contribution < 1.29 is 17.6 Å². The number of hydrogen-bond donors (Lipinski definition) is 0. The van der Waals surface area contributed by atoms with Gasteiger partial charge in [-0.05, 0) is 49.2 Å². The zero-order valence-electron chi connectivity index (χ0n) is 14.2. The van der Waals surface area contributed by atoms with Crippen molar-refractivity contribution in [1.29, 1.82) is 0 Å². The molecule has 0 amide bonds. The number of hydrogen-bond acceptors (Lipinski definition) is 4. The van der Waals surface area contributed by atoms with Crippen molar-refractivity contribution in [3.63, 3.8) is 0 Å². The highest BCUT2D eigenvalue weighted by Gasteiger charge is 2.25. The number of sulfonamides is 1. The number of carbonyl (C=O) groups is 1. The molecule has 0 saturated carbocycles. The normalized spacial score (nSPS) is 15.7. The largest absolute Gasteiger partial charge is 0.293 e. The Labute approximate surface area is 157 Å². The van der Waals surface area contributed by atoms with Crippen LogP contribution >= 0.6 is 11.8 Å². The van der Waals surface area contributed by atoms with E-state index in [1.165, 1.54) is 40.3 Å². The number of nitrogens with zero attached hydrogens (tertiary/aromatic N) is 1. The van der Waals surface area contributed by atoms with Crippen LogP contribution in [0.3, 0.4) is 0 Å². The van der Waals surface area contributed by atoms with Crippen LogP contribution in [0.25, 0.3) is 0 Å². The number of ketones is 1. The maximum Gasteiger partial charge on any atom is 0.243 e. The van der Waals surface area contributed by atoms with Crippen LogP contribution in [-0.4, -0.2) is 37.3 Å². The molecule has 0 aromatic heterocycles. The predicted octanol–water partition coefficient (Wildman–Crippen LogP) is 3.98. The summed E-state index contributed by atoms with van der Waals surface area (Å²) in [5.41, 5.74) is 0.470. The summed E-state index contributed by atoms with van der Waals surface area (Å²) in [7, 11) is -3.48. The van der Waals surface area contributed by atoms with Crippen LogP contribution in [-0.2, 0) is 10.0 Å². The maximum absolute atomic E-state index is 12.9. The fourth-order valence-corrected chi connectivity index (χ4v) is 5.14. The van der Waals surface area contributed by atoms with Gasteiger partial charge in [0.15, 0.2) is 5.78 Å². The molecule has 0 bridgehead atoms. The summed E-state index contributed by atoms with van der Waals surface area (Å²) in [5, 5.41) is 0. The van der Waals surface area contributed by atoms with E-state index in [4.69, 9.17) is 0 Å². The lowest BCUT2D eigenvalue weighted by Crippen LogP contribution is -2.35. The van der Waals surface area contributed by atoms with Crippen molar-refractivity contribution in [1.82, 2.24) is 4.31 Å². The number of piperidine rings is 1. The molecule has 26 heavy (non-hydrogen) atoms. The Morgan fingerprint density at radius 1 is 0.962 bits per heavy atom. The summed E-state index contributed by atoms with van der Waals surface area (Å²) in [6.07, 6.45) is 2.83. The Bertz CT molecular complexity index is 859. The average Bonchev–Trinajstić information content (AvgIpc) is 2.68. The molecule has 2 aromatic rings. The van der Waals surface area contributed by atoms with Gasteiger partial charge in [0.25, 0.3) is 0 Å². The van der Waals surface area contributed by atoms with Crippen molar-refractivity contribution >= 4 is 27.6 Å². The predicted molar refractivity (Wildman–Crippen MR) is 101 cm³/mol. The van der Waals surface area contributed by atoms with Gasteiger partial charge in [0, 0.05) is 23.5 Å². The van der Waals surface area contributed by atoms with Gasteiger partial charge in [-0.15, -0.1) is 11.8 Å². The van der Waals surface area contributed by atoms with Crippen LogP contribution in [0.1, 0.15) is 29.6 Å². The van der Waals surface area contributed by atoms with Crippen molar-refractivity contribution in [2.45, 2.75) is 29.1 Å². The average molecular weight is 394 g/mol. The van der Waals surface area contributed by atoms with Crippen LogP contribution in [0, 0.1) is 5.82 Å². The summed E-state index contributed by atoms with van der Waals surface area (Å²) in [6, 6.07) is 12.1. The molecule has 4 nitrogen and oxygen atoms in total. The van der Waals surface area contributed by atoms with Gasteiger partial charge in [-0.25, -0.2) is 12.8 Å². The minimum atomic E-state index is -3.48. The lowest BCUT2D eigenvalue weighted by atomic mass is 10.1. The molecule has 1 saturated heterocycles. The first-order valence-electron chi connectivity index (χ1n) is 8.48. The second-order valence-electron chi connectivity index (χ2n) is 6.15. The van der Waals surface area contributed by atoms with E-state index >= 15 is 0 Å². The summed E-state index contributed by atoms with van der Waals surface area (Å²) in [4.78, 5) is 13.3. The van der Waals surface area contributed by atoms with Crippen molar-refractivity contribution in [3.8, 4) is 0 Å². The van der Waals surface area contributed by atoms with E-state index in [9.17, 15) is 17.6 Å². The molecule has 0 radical (unpaired) electrons. The maximum atomic E-state index is 12.9. The Morgan fingerprint density at radius 2 is 1.58 bits per heavy atom. The number of carbonyl (C=O) groups excluding carboxylic acids is 1. The Hall–Kier alpha value is -1.70. The third kappa shape index (κ3) is 4.52. The van der Waals surface area contributed by atoms with E-state index in [2.05, 4.69) is 0 Å². The first kappa shape index (κ1) is 19.1. The van der Waals surface area contributed by atoms with E-state index in [1.807, 2.05) is 0 Å². The van der Waals surface area contributed by atoms with E-state index in [0.29, 0.717) is 18.7 Å². The molecule has 0 N–H and O–H groups in total. The molecule has 1 aliphatic rings. The topological polar surface area (TPSA) is 54.5 Å². The number of benzene rings is 2. The number of halogens is 1. The van der Waals surface area contributed by atoms with Crippen molar-refractivity contribution in [2.75, 3.05) is 18.8 Å². The highest BCUT2D eigenvalue weighted by Crippen LogP contribution is 2.23. The number of thioether (sulfide) groups is 1. The number of Topliss-reactive ketones (excluding diaryl/α,β-unsaturated/α-hetero) is 1. The molecule has 3 rings (SSSR count). The van der Waals surface area contributed by atoms with E-state index in [1.54, 1.807) is 24.3 Å². The molecule has 138 valence electrons. The molecule has 7 heteroatoms. The second kappa shape index (κ2) is 8.33. The van der Waals surface area contributed by atoms with Gasteiger partial charge >= 0.3 is 0 Å². The monoisotopic (exact) mass is 393 g/mol. The summed E-state index contributed by atoms with van der Waals surface area (Å²) in [6.45, 7) is 1.11. The molecular formula is C19H20FNO3S2. The Morgan fingerprint density at radius 3 is 2.19 bits per heavy atom. The lowest BCUT2D eigenvalue weighted by molar-refractivity contribution is 0.102. The molecule has 1 aliphatic heterocycles. The van der Waals surface area contributed by atoms with E-state index < -0.39 is 10.0 Å². The highest BCUT2D eigenvalue weighted by molar-refractivity contribution is 8.00. The first-order valence-corrected chi connectivity index (χ1v) is 10.9. The quantitative estimate of drug-likeness (QED) is 0.550. The second-order valence-corrected chi connectivity index (χ2v) is 9.14. The lowest BCUT2D eigenvalue weighted by Gasteiger charge is -2.25. The van der Waals surface area contributed by atoms with Crippen LogP contribution < -0.4 is 0 Å². The van der Waals surface area contributed by atoms with Gasteiger partial charge in [0.2, 0.25) is 10.0 Å². The van der Waals surface area contributed by atoms with E-state index in [0.717, 1.165) is 24.2 Å². The molecule has 0 atom stereocenters. The fraction of sp³-hybridized carbons (Fsp3) is 0.316. The van der Waals surface area contributed by atoms with Gasteiger partial charge in [0.05, 0.1) is 10.6 Å². The molecular weight excluding hydrogens is 373 g/mol. The van der Waals surface area contributed by atoms with Gasteiger partial charge in [0.1, 0.15) is 5.82 Å². The van der Waals surface area contributed by atoms with Crippen LogP contribution in [0.15, 0.2) is 58.3 Å². The molecule has 2 aromatic carbocycles. The van der Waals surface area contributed by atoms with Crippen molar-refractivity contribution in [2.24, 2.45) is 0 Å². The minimum absolute atomic E-state index is 0.0961. The van der Waals surface area contributed by atoms with Gasteiger partial charge in [-0.2, -0.15) is 4.31 Å². The van der Waals surface area contributed by atoms with Gasteiger partial charge in [-0.3, -0.25) is 4.79 Å². The molecule has 1 heterocycles. The van der Waals surface area contributed by atoms with Gasteiger partial charge in [-0.1, -0.05) is 18.6 Å². The van der Waals surface area contributed by atoms with Crippen molar-refractivity contribution in [3.05, 3.63) is 59.9 Å². The molecule has 0 aliphatic carbocycles. The molecule has 0 spiro atoms. The zero-order valence-corrected chi connectivity index (χ0v) is 15.9. The zero-order chi connectivity index (χ0) is 18.6. The van der Waals surface area contributed by atoms with Crippen LogP contribution in [0.5, 0.6) is 0 Å². The third-order valence-electron chi connectivity index (χ3n) is 4.31. The summed E-state index contributed by atoms with van der Waals surface area (Å²) >= 11 is 1.32. The SMILES string of the molecule is O=C(CSc1ccc(F)cc1)c1ccc(S(=O)(=O)N2CCCCC2)cc1. The first-order chi connectivity index (χ1) is 12.5. The standard InChI is InChI=1S/C19H20FNO3S2/c20-16-6-8-17(9-7-16)25-14-19(22)15-4-10-18(11-5-15)26(23,24)21-12-2-1-3-13-21/h4-11H,1-3,12-14H2. The summed E-state index contributed by atoms with van der Waals surface area (Å²) in [5.74, 6) is -0.198. The minimum Gasteiger partial charge on any atom is -0.293 e. The number of rotatable bonds is 6. The fourth-order valence-electron chi connectivity index (χ4n) is 2.83. The molecule has 0 unspecified atom stereocenters. The third-order valence-corrected chi connectivity index (χ3v) is 7.24. The van der Waals surface area contributed by atoms with E-state index in [-0.39, 0.29) is 22.2 Å².